The van der Waals surface area contributed by atoms with Gasteiger partial charge in [-0.1, -0.05) is 78.3 Å². The number of amides is 2. The quantitative estimate of drug-likeness (QED) is 0.364. The van der Waals surface area contributed by atoms with Crippen molar-refractivity contribution in [3.8, 4) is 0 Å². The van der Waals surface area contributed by atoms with Crippen LogP contribution in [-0.2, 0) is 25.5 Å². The monoisotopic (exact) mass is 524 g/mol. The Morgan fingerprint density at radius 1 is 1.03 bits per heavy atom. The van der Waals surface area contributed by atoms with Crippen LogP contribution >= 0.6 is 34.7 Å². The van der Waals surface area contributed by atoms with E-state index in [-0.39, 0.29) is 29.0 Å². The highest BCUT2D eigenvalue weighted by atomic mass is 35.5. The van der Waals surface area contributed by atoms with E-state index in [1.165, 1.54) is 28.0 Å². The molecule has 0 bridgehead atoms. The molecule has 3 heterocycles. The van der Waals surface area contributed by atoms with Crippen molar-refractivity contribution in [2.24, 2.45) is 0 Å². The first kappa shape index (κ1) is 23.7. The van der Waals surface area contributed by atoms with E-state index >= 15 is 0 Å². The molecule has 1 saturated heterocycles. The number of esters is 1. The number of nitrogens with zero attached hydrogens (tertiary/aromatic N) is 1. The summed E-state index contributed by atoms with van der Waals surface area (Å²) in [7, 11) is 0. The van der Waals surface area contributed by atoms with Crippen molar-refractivity contribution in [2.45, 2.75) is 23.9 Å². The largest absolute Gasteiger partial charge is 0.448 e. The molecule has 5 rings (SSSR count). The summed E-state index contributed by atoms with van der Waals surface area (Å²) >= 11 is 9.34. The molecule has 3 aromatic rings. The number of nitrogens with one attached hydrogen (secondary N) is 1. The standard InChI is InChI=1S/C26H21ClN2O4S2/c27-19-15-35-25-21(28-20(30)14-18-12-7-13-34-18)24(31)29(25)22(19)26(32)33-23(16-8-3-1-4-9-16)17-10-5-2-6-11-17/h1-13,21,23,25H,14-15H2,(H,28,30)/t21?,25-/m1/s1. The lowest BCUT2D eigenvalue weighted by Gasteiger charge is -2.49. The second-order valence-electron chi connectivity index (χ2n) is 8.07. The molecule has 2 atom stereocenters. The van der Waals surface area contributed by atoms with Crippen molar-refractivity contribution < 1.29 is 19.1 Å². The number of fused-ring (bicyclic) bond motifs is 1. The third kappa shape index (κ3) is 4.87. The maximum Gasteiger partial charge on any atom is 0.357 e. The van der Waals surface area contributed by atoms with Crippen molar-refractivity contribution in [2.75, 3.05) is 5.75 Å². The van der Waals surface area contributed by atoms with E-state index in [2.05, 4.69) is 5.32 Å². The Kier molecular flexibility index (Phi) is 6.95. The van der Waals surface area contributed by atoms with Gasteiger partial charge in [-0.2, -0.15) is 0 Å². The van der Waals surface area contributed by atoms with Crippen LogP contribution in [-0.4, -0.2) is 39.9 Å². The normalized spacial score (nSPS) is 19.3. The number of β-lactam (4-membered cyclic amide) rings is 1. The minimum atomic E-state index is -0.709. The predicted octanol–water partition coefficient (Wildman–Crippen LogP) is 4.47. The predicted molar refractivity (Wildman–Crippen MR) is 137 cm³/mol. The van der Waals surface area contributed by atoms with Crippen LogP contribution in [0.1, 0.15) is 22.1 Å². The summed E-state index contributed by atoms with van der Waals surface area (Å²) in [6.07, 6.45) is -0.451. The van der Waals surface area contributed by atoms with Gasteiger partial charge in [0.2, 0.25) is 5.91 Å². The summed E-state index contributed by atoms with van der Waals surface area (Å²) < 4.78 is 5.95. The zero-order valence-corrected chi connectivity index (χ0v) is 20.8. The van der Waals surface area contributed by atoms with Crippen molar-refractivity contribution in [1.29, 1.82) is 0 Å². The van der Waals surface area contributed by atoms with E-state index in [4.69, 9.17) is 16.3 Å². The third-order valence-corrected chi connectivity index (χ3v) is 8.40. The summed E-state index contributed by atoms with van der Waals surface area (Å²) in [6.45, 7) is 0. The van der Waals surface area contributed by atoms with E-state index in [1.807, 2.05) is 78.2 Å². The first-order chi connectivity index (χ1) is 17.0. The number of hydrogen-bond donors (Lipinski definition) is 1. The average Bonchev–Trinajstić information content (AvgIpc) is 3.39. The summed E-state index contributed by atoms with van der Waals surface area (Å²) in [5.41, 5.74) is 1.65. The summed E-state index contributed by atoms with van der Waals surface area (Å²) in [4.78, 5) is 41.1. The Hall–Kier alpha value is -3.07. The van der Waals surface area contributed by atoms with Crippen LogP contribution in [0.25, 0.3) is 0 Å². The van der Waals surface area contributed by atoms with Gasteiger partial charge < -0.3 is 10.1 Å². The zero-order chi connectivity index (χ0) is 24.4. The molecule has 2 aliphatic rings. The fourth-order valence-corrected chi connectivity index (χ4v) is 6.36. The maximum absolute atomic E-state index is 13.4. The van der Waals surface area contributed by atoms with Crippen LogP contribution in [0.2, 0.25) is 0 Å². The van der Waals surface area contributed by atoms with Gasteiger partial charge in [0.25, 0.3) is 5.91 Å². The number of carbonyl (C=O) groups is 3. The van der Waals surface area contributed by atoms with Crippen LogP contribution in [0.5, 0.6) is 0 Å². The number of carbonyl (C=O) groups excluding carboxylic acids is 3. The van der Waals surface area contributed by atoms with Gasteiger partial charge in [0.15, 0.2) is 6.10 Å². The molecule has 0 aliphatic carbocycles. The van der Waals surface area contributed by atoms with Gasteiger partial charge in [0.05, 0.1) is 11.5 Å². The van der Waals surface area contributed by atoms with Crippen molar-refractivity contribution in [3.05, 3.63) is 105 Å². The molecule has 1 N–H and O–H groups in total. The molecule has 2 aromatic carbocycles. The van der Waals surface area contributed by atoms with E-state index in [9.17, 15) is 14.4 Å². The first-order valence-corrected chi connectivity index (χ1v) is 13.3. The molecule has 35 heavy (non-hydrogen) atoms. The Balaban J connectivity index is 1.33. The van der Waals surface area contributed by atoms with Crippen LogP contribution < -0.4 is 5.32 Å². The van der Waals surface area contributed by atoms with Gasteiger partial charge in [0.1, 0.15) is 17.1 Å². The van der Waals surface area contributed by atoms with Gasteiger partial charge in [0, 0.05) is 10.6 Å². The van der Waals surface area contributed by atoms with Crippen molar-refractivity contribution >= 4 is 52.5 Å². The molecule has 6 nitrogen and oxygen atoms in total. The highest BCUT2D eigenvalue weighted by Crippen LogP contribution is 2.42. The van der Waals surface area contributed by atoms with Crippen molar-refractivity contribution in [1.82, 2.24) is 10.2 Å². The maximum atomic E-state index is 13.4. The second-order valence-corrected chi connectivity index (χ2v) is 10.7. The van der Waals surface area contributed by atoms with Gasteiger partial charge >= 0.3 is 5.97 Å². The minimum absolute atomic E-state index is 0.0426. The molecular weight excluding hydrogens is 504 g/mol. The molecule has 9 heteroatoms. The van der Waals surface area contributed by atoms with E-state index in [1.54, 1.807) is 0 Å². The molecule has 0 saturated carbocycles. The lowest BCUT2D eigenvalue weighted by molar-refractivity contribution is -0.154. The Bertz CT molecular complexity index is 1230. The number of halogens is 1. The molecule has 1 fully saturated rings. The Morgan fingerprint density at radius 3 is 2.29 bits per heavy atom. The molecule has 1 aromatic heterocycles. The lowest BCUT2D eigenvalue weighted by atomic mass is 10.0. The highest BCUT2D eigenvalue weighted by Gasteiger charge is 2.54. The van der Waals surface area contributed by atoms with Gasteiger partial charge in [-0.05, 0) is 22.6 Å². The fourth-order valence-electron chi connectivity index (χ4n) is 4.12. The Morgan fingerprint density at radius 2 is 1.69 bits per heavy atom. The number of thiophene rings is 1. The molecule has 2 amide bonds. The Labute approximate surface area is 215 Å². The molecular formula is C26H21ClN2O4S2. The van der Waals surface area contributed by atoms with Crippen LogP contribution in [0.4, 0.5) is 0 Å². The van der Waals surface area contributed by atoms with Crippen molar-refractivity contribution in [3.63, 3.8) is 0 Å². The van der Waals surface area contributed by atoms with Crippen LogP contribution in [0.3, 0.4) is 0 Å². The summed E-state index contributed by atoms with van der Waals surface area (Å²) in [5, 5.41) is 4.56. The van der Waals surface area contributed by atoms with Crippen LogP contribution in [0.15, 0.2) is 88.9 Å². The van der Waals surface area contributed by atoms with Gasteiger partial charge in [-0.15, -0.1) is 23.1 Å². The second kappa shape index (κ2) is 10.3. The SMILES string of the molecule is O=C(Cc1cccs1)NC1C(=O)N2C(C(=O)OC(c3ccccc3)c3ccccc3)=C(Cl)CS[C@H]12. The number of benzene rings is 2. The summed E-state index contributed by atoms with van der Waals surface area (Å²) in [5.74, 6) is -0.930. The van der Waals surface area contributed by atoms with Crippen LogP contribution in [0, 0.1) is 0 Å². The highest BCUT2D eigenvalue weighted by molar-refractivity contribution is 8.00. The number of hydrogen-bond acceptors (Lipinski definition) is 6. The van der Waals surface area contributed by atoms with E-state index < -0.39 is 23.5 Å². The smallest absolute Gasteiger partial charge is 0.357 e. The average molecular weight is 525 g/mol. The van der Waals surface area contributed by atoms with E-state index in [0.29, 0.717) is 5.75 Å². The molecule has 1 unspecified atom stereocenters. The number of ether oxygens (including phenoxy) is 1. The minimum Gasteiger partial charge on any atom is -0.448 e. The van der Waals surface area contributed by atoms with Gasteiger partial charge in [-0.25, -0.2) is 4.79 Å². The third-order valence-electron chi connectivity index (χ3n) is 5.78. The van der Waals surface area contributed by atoms with Gasteiger partial charge in [-0.3, -0.25) is 14.5 Å². The lowest BCUT2D eigenvalue weighted by Crippen LogP contribution is -2.70. The fraction of sp³-hybridized carbons (Fsp3) is 0.192. The topological polar surface area (TPSA) is 75.7 Å². The number of rotatable bonds is 7. The molecule has 0 spiro atoms. The van der Waals surface area contributed by atoms with E-state index in [0.717, 1.165) is 16.0 Å². The molecule has 0 radical (unpaired) electrons. The first-order valence-electron chi connectivity index (χ1n) is 11.0. The number of thioether (sulfide) groups is 1. The molecule has 2 aliphatic heterocycles. The zero-order valence-electron chi connectivity index (χ0n) is 18.4. The summed E-state index contributed by atoms with van der Waals surface area (Å²) in [6, 6.07) is 21.9. The molecule has 178 valence electrons.